The van der Waals surface area contributed by atoms with E-state index in [-0.39, 0.29) is 17.3 Å². The van der Waals surface area contributed by atoms with Gasteiger partial charge in [0.1, 0.15) is 6.10 Å². The van der Waals surface area contributed by atoms with Crippen LogP contribution < -0.4 is 4.74 Å². The zero-order valence-electron chi connectivity index (χ0n) is 9.03. The van der Waals surface area contributed by atoms with Crippen molar-refractivity contribution >= 4 is 25.8 Å². The topological polar surface area (TPSA) is 43.4 Å². The highest BCUT2D eigenvalue weighted by molar-refractivity contribution is 9.08. The SMILES string of the molecule is O=S1(=O)CCC(Oc2c(F)cccc2CBr)C1. The zero-order chi connectivity index (χ0) is 12.5. The van der Waals surface area contributed by atoms with E-state index in [1.165, 1.54) is 6.07 Å². The fourth-order valence-corrected chi connectivity index (χ4v) is 3.84. The molecule has 94 valence electrons. The van der Waals surface area contributed by atoms with Crippen LogP contribution in [0, 0.1) is 5.82 Å². The number of hydrogen-bond acceptors (Lipinski definition) is 3. The quantitative estimate of drug-likeness (QED) is 0.802. The van der Waals surface area contributed by atoms with E-state index in [1.807, 2.05) is 0 Å². The van der Waals surface area contributed by atoms with Crippen LogP contribution in [0.2, 0.25) is 0 Å². The summed E-state index contributed by atoms with van der Waals surface area (Å²) in [6.07, 6.45) is -0.00650. The Kier molecular flexibility index (Phi) is 3.73. The van der Waals surface area contributed by atoms with Gasteiger partial charge in [-0.15, -0.1) is 0 Å². The van der Waals surface area contributed by atoms with Gasteiger partial charge in [0.05, 0.1) is 11.5 Å². The Hall–Kier alpha value is -0.620. The first-order valence-electron chi connectivity index (χ1n) is 5.22. The molecule has 6 heteroatoms. The predicted octanol–water partition coefficient (Wildman–Crippen LogP) is 2.29. The summed E-state index contributed by atoms with van der Waals surface area (Å²) in [7, 11) is -3.01. The van der Waals surface area contributed by atoms with Gasteiger partial charge in [-0.1, -0.05) is 28.1 Å². The van der Waals surface area contributed by atoms with Crippen molar-refractivity contribution < 1.29 is 17.5 Å². The second-order valence-corrected chi connectivity index (χ2v) is 6.79. The Morgan fingerprint density at radius 3 is 2.82 bits per heavy atom. The van der Waals surface area contributed by atoms with E-state index in [4.69, 9.17) is 4.74 Å². The molecule has 1 fully saturated rings. The van der Waals surface area contributed by atoms with Crippen molar-refractivity contribution in [1.82, 2.24) is 0 Å². The lowest BCUT2D eigenvalue weighted by Gasteiger charge is -2.15. The van der Waals surface area contributed by atoms with E-state index in [2.05, 4.69) is 15.9 Å². The second kappa shape index (κ2) is 4.94. The number of hydrogen-bond donors (Lipinski definition) is 0. The third kappa shape index (κ3) is 2.98. The summed E-state index contributed by atoms with van der Waals surface area (Å²) in [5.41, 5.74) is 0.689. The fraction of sp³-hybridized carbons (Fsp3) is 0.455. The monoisotopic (exact) mass is 322 g/mol. The van der Waals surface area contributed by atoms with Gasteiger partial charge >= 0.3 is 0 Å². The van der Waals surface area contributed by atoms with E-state index in [0.717, 1.165) is 0 Å². The molecule has 1 aromatic carbocycles. The average molecular weight is 323 g/mol. The number of rotatable bonds is 3. The van der Waals surface area contributed by atoms with Crippen molar-refractivity contribution in [3.63, 3.8) is 0 Å². The van der Waals surface area contributed by atoms with Crippen LogP contribution in [0.15, 0.2) is 18.2 Å². The average Bonchev–Trinajstić information content (AvgIpc) is 2.61. The third-order valence-electron chi connectivity index (χ3n) is 2.67. The molecule has 0 aromatic heterocycles. The maximum absolute atomic E-state index is 13.6. The lowest BCUT2D eigenvalue weighted by atomic mass is 10.2. The molecule has 1 aromatic rings. The number of alkyl halides is 1. The van der Waals surface area contributed by atoms with Crippen molar-refractivity contribution in [1.29, 1.82) is 0 Å². The Bertz CT molecular complexity index is 515. The molecule has 0 aliphatic carbocycles. The van der Waals surface area contributed by atoms with Crippen molar-refractivity contribution in [2.45, 2.75) is 17.9 Å². The number of sulfone groups is 1. The highest BCUT2D eigenvalue weighted by Crippen LogP contribution is 2.28. The third-order valence-corrected chi connectivity index (χ3v) is 5.01. The van der Waals surface area contributed by atoms with Crippen LogP contribution in [-0.4, -0.2) is 26.0 Å². The van der Waals surface area contributed by atoms with Crippen LogP contribution in [0.5, 0.6) is 5.75 Å². The molecule has 1 heterocycles. The molecule has 0 saturated carbocycles. The molecule has 3 nitrogen and oxygen atoms in total. The molecule has 0 N–H and O–H groups in total. The lowest BCUT2D eigenvalue weighted by Crippen LogP contribution is -2.19. The molecule has 1 atom stereocenters. The van der Waals surface area contributed by atoms with Crippen LogP contribution in [0.4, 0.5) is 4.39 Å². The molecular formula is C11H12BrFO3S. The van der Waals surface area contributed by atoms with E-state index >= 15 is 0 Å². The normalized spacial score (nSPS) is 22.6. The van der Waals surface area contributed by atoms with Gasteiger partial charge in [0.25, 0.3) is 0 Å². The fourth-order valence-electron chi connectivity index (χ4n) is 1.81. The van der Waals surface area contributed by atoms with Crippen molar-refractivity contribution in [2.24, 2.45) is 0 Å². The second-order valence-electron chi connectivity index (χ2n) is 4.00. The van der Waals surface area contributed by atoms with Gasteiger partial charge in [0, 0.05) is 10.9 Å². The highest BCUT2D eigenvalue weighted by atomic mass is 79.9. The number of halogens is 2. The van der Waals surface area contributed by atoms with E-state index in [9.17, 15) is 12.8 Å². The predicted molar refractivity (Wildman–Crippen MR) is 66.7 cm³/mol. The zero-order valence-corrected chi connectivity index (χ0v) is 11.4. The van der Waals surface area contributed by atoms with Gasteiger partial charge < -0.3 is 4.74 Å². The van der Waals surface area contributed by atoms with Crippen LogP contribution in [-0.2, 0) is 15.2 Å². The van der Waals surface area contributed by atoms with Crippen molar-refractivity contribution in [3.05, 3.63) is 29.6 Å². The number of benzene rings is 1. The van der Waals surface area contributed by atoms with Crippen LogP contribution in [0.25, 0.3) is 0 Å². The van der Waals surface area contributed by atoms with Gasteiger partial charge in [-0.2, -0.15) is 0 Å². The van der Waals surface area contributed by atoms with Crippen LogP contribution in [0.1, 0.15) is 12.0 Å². The molecule has 1 aliphatic heterocycles. The highest BCUT2D eigenvalue weighted by Gasteiger charge is 2.30. The Labute approximate surface area is 108 Å². The minimum atomic E-state index is -3.01. The van der Waals surface area contributed by atoms with E-state index in [0.29, 0.717) is 17.3 Å². The number of para-hydroxylation sites is 1. The van der Waals surface area contributed by atoms with E-state index in [1.54, 1.807) is 12.1 Å². The maximum atomic E-state index is 13.6. The van der Waals surface area contributed by atoms with Crippen LogP contribution in [0.3, 0.4) is 0 Å². The molecule has 0 amide bonds. The lowest BCUT2D eigenvalue weighted by molar-refractivity contribution is 0.217. The molecule has 0 bridgehead atoms. The molecule has 17 heavy (non-hydrogen) atoms. The maximum Gasteiger partial charge on any atom is 0.165 e. The standard InChI is InChI=1S/C11H12BrFO3S/c12-6-8-2-1-3-10(13)11(8)16-9-4-5-17(14,15)7-9/h1-3,9H,4-7H2. The first-order chi connectivity index (χ1) is 8.02. The minimum Gasteiger partial charge on any atom is -0.486 e. The molecule has 1 saturated heterocycles. The van der Waals surface area contributed by atoms with Crippen LogP contribution >= 0.6 is 15.9 Å². The van der Waals surface area contributed by atoms with Gasteiger partial charge in [-0.3, -0.25) is 0 Å². The smallest absolute Gasteiger partial charge is 0.165 e. The van der Waals surface area contributed by atoms with Gasteiger partial charge in [-0.05, 0) is 12.5 Å². The van der Waals surface area contributed by atoms with Gasteiger partial charge in [0.2, 0.25) is 0 Å². The molecule has 1 aliphatic rings. The first kappa shape index (κ1) is 12.8. The Morgan fingerprint density at radius 2 is 2.24 bits per heavy atom. The molecule has 2 rings (SSSR count). The summed E-state index contributed by atoms with van der Waals surface area (Å²) < 4.78 is 41.6. The van der Waals surface area contributed by atoms with Gasteiger partial charge in [-0.25, -0.2) is 12.8 Å². The molecule has 0 radical (unpaired) electrons. The summed E-state index contributed by atoms with van der Waals surface area (Å²) in [6.45, 7) is 0. The summed E-state index contributed by atoms with van der Waals surface area (Å²) in [6, 6.07) is 4.66. The summed E-state index contributed by atoms with van der Waals surface area (Å²) in [4.78, 5) is 0. The molecular weight excluding hydrogens is 311 g/mol. The largest absolute Gasteiger partial charge is 0.486 e. The van der Waals surface area contributed by atoms with Crippen molar-refractivity contribution in [3.8, 4) is 5.75 Å². The molecule has 0 spiro atoms. The van der Waals surface area contributed by atoms with Crippen molar-refractivity contribution in [2.75, 3.05) is 11.5 Å². The summed E-state index contributed by atoms with van der Waals surface area (Å²) in [5.74, 6) is -0.198. The minimum absolute atomic E-state index is 0.0247. The van der Waals surface area contributed by atoms with Gasteiger partial charge in [0.15, 0.2) is 21.4 Å². The first-order valence-corrected chi connectivity index (χ1v) is 8.16. The summed E-state index contributed by atoms with van der Waals surface area (Å²) >= 11 is 3.25. The number of ether oxygens (including phenoxy) is 1. The Balaban J connectivity index is 2.19. The van der Waals surface area contributed by atoms with E-state index < -0.39 is 21.8 Å². The molecule has 1 unspecified atom stereocenters. The summed E-state index contributed by atoms with van der Waals surface area (Å²) in [5, 5.41) is 0.472. The Morgan fingerprint density at radius 1 is 1.47 bits per heavy atom.